The number of methoxy groups -OCH3 is 1. The zero-order chi connectivity index (χ0) is 19.7. The van der Waals surface area contributed by atoms with Crippen LogP contribution < -0.4 is 0 Å². The minimum absolute atomic E-state index is 0.251. The Bertz CT molecular complexity index is 884. The van der Waals surface area contributed by atoms with Gasteiger partial charge in [-0.3, -0.25) is 4.90 Å². The molecule has 0 amide bonds. The van der Waals surface area contributed by atoms with Crippen molar-refractivity contribution in [3.63, 3.8) is 0 Å². The minimum Gasteiger partial charge on any atom is -0.383 e. The molecule has 0 bridgehead atoms. The third-order valence-electron chi connectivity index (χ3n) is 4.89. The molecule has 9 nitrogen and oxygen atoms in total. The first-order valence-corrected chi connectivity index (χ1v) is 11.1. The van der Waals surface area contributed by atoms with Gasteiger partial charge in [0.1, 0.15) is 4.21 Å². The van der Waals surface area contributed by atoms with Gasteiger partial charge in [-0.25, -0.2) is 13.1 Å². The van der Waals surface area contributed by atoms with Gasteiger partial charge in [-0.2, -0.15) is 4.31 Å². The molecule has 2 aromatic heterocycles. The summed E-state index contributed by atoms with van der Waals surface area (Å²) in [4.78, 5) is 2.01. The van der Waals surface area contributed by atoms with E-state index >= 15 is 0 Å². The lowest BCUT2D eigenvalue weighted by Gasteiger charge is -2.45. The van der Waals surface area contributed by atoms with E-state index in [1.165, 1.54) is 4.31 Å². The average Bonchev–Trinajstić information content (AvgIpc) is 3.29. The SMILES string of the molecule is COCCn1nnnc1C1(N(C)C)CCCN(S(=O)(=O)c2ccc(Cl)s2)C1. The molecule has 27 heavy (non-hydrogen) atoms. The van der Waals surface area contributed by atoms with Crippen LogP contribution in [0, 0.1) is 0 Å². The topological polar surface area (TPSA) is 93.4 Å². The monoisotopic (exact) mass is 434 g/mol. The van der Waals surface area contributed by atoms with Crippen molar-refractivity contribution in [2.75, 3.05) is 40.9 Å². The molecule has 1 aliphatic heterocycles. The van der Waals surface area contributed by atoms with E-state index in [4.69, 9.17) is 16.3 Å². The van der Waals surface area contributed by atoms with Gasteiger partial charge in [-0.1, -0.05) is 11.6 Å². The Labute approximate surface area is 167 Å². The number of sulfonamides is 1. The molecule has 2 aromatic rings. The van der Waals surface area contributed by atoms with Crippen LogP contribution in [0.5, 0.6) is 0 Å². The predicted octanol–water partition coefficient (Wildman–Crippen LogP) is 1.28. The van der Waals surface area contributed by atoms with E-state index in [0.717, 1.165) is 17.8 Å². The van der Waals surface area contributed by atoms with Gasteiger partial charge in [0, 0.05) is 20.2 Å². The summed E-state index contributed by atoms with van der Waals surface area (Å²) in [7, 11) is 1.84. The third kappa shape index (κ3) is 3.89. The van der Waals surface area contributed by atoms with Crippen LogP contribution in [0.4, 0.5) is 0 Å². The maximum absolute atomic E-state index is 13.1. The number of hydrogen-bond donors (Lipinski definition) is 0. The number of rotatable bonds is 7. The summed E-state index contributed by atoms with van der Waals surface area (Å²) >= 11 is 7.02. The van der Waals surface area contributed by atoms with Crippen LogP contribution >= 0.6 is 22.9 Å². The normalized spacial score (nSPS) is 21.8. The van der Waals surface area contributed by atoms with Gasteiger partial charge in [0.15, 0.2) is 5.82 Å². The van der Waals surface area contributed by atoms with Crippen molar-refractivity contribution in [3.8, 4) is 0 Å². The molecule has 1 saturated heterocycles. The highest BCUT2D eigenvalue weighted by Crippen LogP contribution is 2.38. The van der Waals surface area contributed by atoms with Crippen molar-refractivity contribution in [1.29, 1.82) is 0 Å². The van der Waals surface area contributed by atoms with Gasteiger partial charge >= 0.3 is 0 Å². The van der Waals surface area contributed by atoms with Crippen molar-refractivity contribution in [2.24, 2.45) is 0 Å². The maximum atomic E-state index is 13.1. The van der Waals surface area contributed by atoms with Gasteiger partial charge < -0.3 is 4.74 Å². The minimum atomic E-state index is -3.63. The fourth-order valence-electron chi connectivity index (χ4n) is 3.38. The summed E-state index contributed by atoms with van der Waals surface area (Å²) < 4.78 is 35.3. The standard InChI is InChI=1S/C15H23ClN6O3S2/c1-20(2)15(14-17-18-19-22(14)9-10-25-3)7-4-8-21(11-15)27(23,24)13-6-5-12(16)26-13/h5-6H,4,7-11H2,1-3H3. The van der Waals surface area contributed by atoms with Crippen LogP contribution in [0.15, 0.2) is 16.3 Å². The molecule has 0 radical (unpaired) electrons. The van der Waals surface area contributed by atoms with Crippen molar-refractivity contribution in [2.45, 2.75) is 29.1 Å². The Morgan fingerprint density at radius 2 is 2.19 bits per heavy atom. The molecule has 1 atom stereocenters. The first-order valence-electron chi connectivity index (χ1n) is 8.50. The molecule has 1 fully saturated rings. The number of piperidine rings is 1. The molecule has 3 heterocycles. The summed E-state index contributed by atoms with van der Waals surface area (Å²) in [5.74, 6) is 0.647. The molecule has 0 aromatic carbocycles. The number of halogens is 1. The molecular formula is C15H23ClN6O3S2. The highest BCUT2D eigenvalue weighted by molar-refractivity contribution is 7.91. The summed E-state index contributed by atoms with van der Waals surface area (Å²) in [6.45, 7) is 1.69. The number of aromatic nitrogens is 4. The van der Waals surface area contributed by atoms with E-state index in [1.54, 1.807) is 23.9 Å². The molecule has 0 saturated carbocycles. The molecular weight excluding hydrogens is 412 g/mol. The van der Waals surface area contributed by atoms with E-state index in [-0.39, 0.29) is 10.8 Å². The van der Waals surface area contributed by atoms with Gasteiger partial charge in [-0.05, 0) is 49.5 Å². The fraction of sp³-hybridized carbons (Fsp3) is 0.667. The molecule has 12 heteroatoms. The molecule has 0 aliphatic carbocycles. The predicted molar refractivity (Wildman–Crippen MR) is 102 cm³/mol. The van der Waals surface area contributed by atoms with Crippen LogP contribution in [-0.4, -0.2) is 78.7 Å². The van der Waals surface area contributed by atoms with Crippen molar-refractivity contribution < 1.29 is 13.2 Å². The Morgan fingerprint density at radius 3 is 2.81 bits per heavy atom. The van der Waals surface area contributed by atoms with E-state index in [0.29, 0.717) is 36.3 Å². The number of tetrazole rings is 1. The van der Waals surface area contributed by atoms with Crippen molar-refractivity contribution >= 4 is 33.0 Å². The van der Waals surface area contributed by atoms with E-state index in [2.05, 4.69) is 15.5 Å². The molecule has 0 spiro atoms. The van der Waals surface area contributed by atoms with E-state index in [9.17, 15) is 8.42 Å². The molecule has 1 aliphatic rings. The Morgan fingerprint density at radius 1 is 1.41 bits per heavy atom. The maximum Gasteiger partial charge on any atom is 0.252 e. The van der Waals surface area contributed by atoms with E-state index < -0.39 is 15.6 Å². The van der Waals surface area contributed by atoms with Gasteiger partial charge in [0.25, 0.3) is 10.0 Å². The zero-order valence-corrected chi connectivity index (χ0v) is 17.9. The van der Waals surface area contributed by atoms with Crippen molar-refractivity contribution in [1.82, 2.24) is 29.4 Å². The zero-order valence-electron chi connectivity index (χ0n) is 15.5. The van der Waals surface area contributed by atoms with Gasteiger partial charge in [0.2, 0.25) is 0 Å². The number of hydrogen-bond acceptors (Lipinski definition) is 8. The van der Waals surface area contributed by atoms with Crippen LogP contribution in [0.25, 0.3) is 0 Å². The van der Waals surface area contributed by atoms with Crippen LogP contribution in [0.2, 0.25) is 4.34 Å². The lowest BCUT2D eigenvalue weighted by Crippen LogP contribution is -2.56. The largest absolute Gasteiger partial charge is 0.383 e. The van der Waals surface area contributed by atoms with Gasteiger partial charge in [-0.15, -0.1) is 16.4 Å². The molecule has 150 valence electrons. The number of likely N-dealkylation sites (N-methyl/N-ethyl adjacent to an activating group) is 1. The second-order valence-electron chi connectivity index (χ2n) is 6.65. The molecule has 0 N–H and O–H groups in total. The lowest BCUT2D eigenvalue weighted by molar-refractivity contribution is 0.0621. The first-order chi connectivity index (χ1) is 12.8. The van der Waals surface area contributed by atoms with Crippen LogP contribution in [0.3, 0.4) is 0 Å². The van der Waals surface area contributed by atoms with E-state index in [1.807, 2.05) is 19.0 Å². The smallest absolute Gasteiger partial charge is 0.252 e. The second kappa shape index (κ2) is 8.10. The van der Waals surface area contributed by atoms with Crippen LogP contribution in [-0.2, 0) is 26.8 Å². The van der Waals surface area contributed by atoms with Crippen LogP contribution in [0.1, 0.15) is 18.7 Å². The van der Waals surface area contributed by atoms with Gasteiger partial charge in [0.05, 0.1) is 23.0 Å². The second-order valence-corrected chi connectivity index (χ2v) is 10.5. The fourth-order valence-corrected chi connectivity index (χ4v) is 6.55. The summed E-state index contributed by atoms with van der Waals surface area (Å²) in [6.07, 6.45) is 1.46. The summed E-state index contributed by atoms with van der Waals surface area (Å²) in [5, 5.41) is 12.1. The number of ether oxygens (including phenoxy) is 1. The Hall–Kier alpha value is -1.11. The highest BCUT2D eigenvalue weighted by atomic mass is 35.5. The quantitative estimate of drug-likeness (QED) is 0.647. The summed E-state index contributed by atoms with van der Waals surface area (Å²) in [5.41, 5.74) is -0.621. The Balaban J connectivity index is 1.96. The summed E-state index contributed by atoms with van der Waals surface area (Å²) in [6, 6.07) is 3.16. The Kier molecular flexibility index (Phi) is 6.18. The van der Waals surface area contributed by atoms with Crippen molar-refractivity contribution in [3.05, 3.63) is 22.3 Å². The average molecular weight is 435 g/mol. The molecule has 3 rings (SSSR count). The highest BCUT2D eigenvalue weighted by Gasteiger charge is 2.46. The number of thiophene rings is 1. The molecule has 1 unspecified atom stereocenters. The first kappa shape index (κ1) is 20.6. The lowest BCUT2D eigenvalue weighted by atomic mass is 9.88. The number of nitrogens with zero attached hydrogens (tertiary/aromatic N) is 6. The third-order valence-corrected chi connectivity index (χ3v) is 8.43.